The van der Waals surface area contributed by atoms with E-state index in [1.54, 1.807) is 42.5 Å². The molecule has 0 bridgehead atoms. The molecule has 1 aliphatic rings. The number of carbonyl (C=O) groups is 1. The highest BCUT2D eigenvalue weighted by molar-refractivity contribution is 7.86. The summed E-state index contributed by atoms with van der Waals surface area (Å²) >= 11 is 5.89. The van der Waals surface area contributed by atoms with Gasteiger partial charge in [-0.25, -0.2) is 0 Å². The van der Waals surface area contributed by atoms with Crippen molar-refractivity contribution in [3.05, 3.63) is 59.1 Å². The first-order valence-corrected chi connectivity index (χ1v) is 11.2. The topological polar surface area (TPSA) is 79.0 Å². The van der Waals surface area contributed by atoms with Crippen molar-refractivity contribution in [2.24, 2.45) is 0 Å². The van der Waals surface area contributed by atoms with Gasteiger partial charge in [-0.1, -0.05) is 35.9 Å². The van der Waals surface area contributed by atoms with Gasteiger partial charge in [0, 0.05) is 24.7 Å². The second-order valence-corrected chi connectivity index (χ2v) is 9.00. The maximum absolute atomic E-state index is 13.0. The van der Waals surface area contributed by atoms with Gasteiger partial charge in [-0.2, -0.15) is 17.0 Å². The van der Waals surface area contributed by atoms with Crippen LogP contribution in [-0.2, 0) is 21.5 Å². The highest BCUT2D eigenvalue weighted by Crippen LogP contribution is 2.24. The molecule has 0 radical (unpaired) electrons. The number of halogens is 1. The lowest BCUT2D eigenvalue weighted by Crippen LogP contribution is -2.51. The predicted octanol–water partition coefficient (Wildman–Crippen LogP) is 3.13. The Hall–Kier alpha value is -2.13. The lowest BCUT2D eigenvalue weighted by Gasteiger charge is -2.34. The zero-order valence-corrected chi connectivity index (χ0v) is 17.7. The van der Waals surface area contributed by atoms with Crippen molar-refractivity contribution in [2.75, 3.05) is 31.6 Å². The summed E-state index contributed by atoms with van der Waals surface area (Å²) < 4.78 is 34.0. The Morgan fingerprint density at radius 3 is 2.52 bits per heavy atom. The van der Waals surface area contributed by atoms with E-state index < -0.39 is 16.1 Å². The Kier molecular flexibility index (Phi) is 7.13. The minimum atomic E-state index is -3.74. The Labute approximate surface area is 176 Å². The van der Waals surface area contributed by atoms with Crippen LogP contribution in [0.4, 0.5) is 5.69 Å². The van der Waals surface area contributed by atoms with E-state index in [1.807, 2.05) is 13.0 Å². The lowest BCUT2D eigenvalue weighted by molar-refractivity contribution is -0.116. The Bertz CT molecular complexity index is 950. The fourth-order valence-corrected chi connectivity index (χ4v) is 4.90. The van der Waals surface area contributed by atoms with Crippen LogP contribution in [0.5, 0.6) is 5.75 Å². The highest BCUT2D eigenvalue weighted by atomic mass is 35.5. The van der Waals surface area contributed by atoms with E-state index in [1.165, 1.54) is 8.61 Å². The van der Waals surface area contributed by atoms with Gasteiger partial charge in [0.1, 0.15) is 5.75 Å². The summed E-state index contributed by atoms with van der Waals surface area (Å²) in [7, 11) is -3.74. The summed E-state index contributed by atoms with van der Waals surface area (Å²) in [5, 5.41) is 3.35. The second kappa shape index (κ2) is 9.58. The van der Waals surface area contributed by atoms with Crippen molar-refractivity contribution < 1.29 is 17.9 Å². The molecular formula is C20H24ClN3O4S. The van der Waals surface area contributed by atoms with Crippen molar-refractivity contribution >= 4 is 33.4 Å². The number of hydrogen-bond acceptors (Lipinski definition) is 4. The molecule has 7 nitrogen and oxygen atoms in total. The molecule has 1 aliphatic heterocycles. The number of amides is 1. The molecule has 2 aromatic rings. The molecule has 1 amide bonds. The number of nitrogens with one attached hydrogen (secondary N) is 1. The van der Waals surface area contributed by atoms with Gasteiger partial charge in [0.25, 0.3) is 10.2 Å². The molecule has 0 unspecified atom stereocenters. The van der Waals surface area contributed by atoms with Crippen LogP contribution in [-0.4, -0.2) is 49.2 Å². The molecule has 3 rings (SSSR count). The molecule has 29 heavy (non-hydrogen) atoms. The molecule has 0 saturated carbocycles. The SMILES string of the molecule is CCOc1ccccc1NC(=O)CN1CCCN(Cc2ccc(Cl)cc2)S1(=O)=O. The van der Waals surface area contributed by atoms with Gasteiger partial charge in [-0.15, -0.1) is 0 Å². The summed E-state index contributed by atoms with van der Waals surface area (Å²) in [4.78, 5) is 12.5. The fourth-order valence-electron chi connectivity index (χ4n) is 3.13. The normalized spacial score (nSPS) is 17.0. The molecular weight excluding hydrogens is 414 g/mol. The molecule has 1 saturated heterocycles. The highest BCUT2D eigenvalue weighted by Gasteiger charge is 2.34. The van der Waals surface area contributed by atoms with Gasteiger partial charge in [0.15, 0.2) is 0 Å². The van der Waals surface area contributed by atoms with Crippen molar-refractivity contribution in [3.63, 3.8) is 0 Å². The van der Waals surface area contributed by atoms with Crippen molar-refractivity contribution in [1.82, 2.24) is 8.61 Å². The first kappa shape index (κ1) is 21.6. The molecule has 1 heterocycles. The van der Waals surface area contributed by atoms with Crippen LogP contribution in [0.1, 0.15) is 18.9 Å². The van der Waals surface area contributed by atoms with Crippen LogP contribution in [0.3, 0.4) is 0 Å². The van der Waals surface area contributed by atoms with Crippen LogP contribution in [0, 0.1) is 0 Å². The van der Waals surface area contributed by atoms with E-state index in [0.717, 1.165) is 5.56 Å². The molecule has 0 aliphatic carbocycles. The summed E-state index contributed by atoms with van der Waals surface area (Å²) in [6.45, 7) is 3.03. The Morgan fingerprint density at radius 2 is 1.79 bits per heavy atom. The molecule has 2 aromatic carbocycles. The Balaban J connectivity index is 1.67. The number of benzene rings is 2. The first-order valence-electron chi connectivity index (χ1n) is 9.41. The fraction of sp³-hybridized carbons (Fsp3) is 0.350. The summed E-state index contributed by atoms with van der Waals surface area (Å²) in [5.41, 5.74) is 1.36. The zero-order valence-electron chi connectivity index (χ0n) is 16.2. The van der Waals surface area contributed by atoms with Gasteiger partial charge in [0.05, 0.1) is 18.8 Å². The molecule has 156 valence electrons. The van der Waals surface area contributed by atoms with Crippen molar-refractivity contribution in [1.29, 1.82) is 0 Å². The maximum Gasteiger partial charge on any atom is 0.282 e. The van der Waals surface area contributed by atoms with E-state index in [9.17, 15) is 13.2 Å². The van der Waals surface area contributed by atoms with Crippen molar-refractivity contribution in [2.45, 2.75) is 19.9 Å². The van der Waals surface area contributed by atoms with Gasteiger partial charge in [-0.3, -0.25) is 4.79 Å². The summed E-state index contributed by atoms with van der Waals surface area (Å²) in [6.07, 6.45) is 0.648. The third-order valence-corrected chi connectivity index (χ3v) is 6.70. The van der Waals surface area contributed by atoms with Crippen LogP contribution in [0.15, 0.2) is 48.5 Å². The minimum absolute atomic E-state index is 0.241. The number of anilines is 1. The summed E-state index contributed by atoms with van der Waals surface area (Å²) in [6, 6.07) is 14.1. The second-order valence-electron chi connectivity index (χ2n) is 6.63. The smallest absolute Gasteiger partial charge is 0.282 e. The third kappa shape index (κ3) is 5.48. The largest absolute Gasteiger partial charge is 0.492 e. The maximum atomic E-state index is 13.0. The monoisotopic (exact) mass is 437 g/mol. The predicted molar refractivity (Wildman–Crippen MR) is 113 cm³/mol. The van der Waals surface area contributed by atoms with E-state index >= 15 is 0 Å². The van der Waals surface area contributed by atoms with Gasteiger partial charge in [-0.05, 0) is 43.2 Å². The molecule has 1 fully saturated rings. The number of hydrogen-bond donors (Lipinski definition) is 1. The Morgan fingerprint density at radius 1 is 1.10 bits per heavy atom. The number of ether oxygens (including phenoxy) is 1. The lowest BCUT2D eigenvalue weighted by atomic mass is 10.2. The number of carbonyl (C=O) groups excluding carboxylic acids is 1. The van der Waals surface area contributed by atoms with Gasteiger partial charge >= 0.3 is 0 Å². The van der Waals surface area contributed by atoms with Gasteiger partial charge in [0.2, 0.25) is 5.91 Å². The van der Waals surface area contributed by atoms with Crippen LogP contribution >= 0.6 is 11.6 Å². The first-order chi connectivity index (χ1) is 13.9. The molecule has 0 aromatic heterocycles. The molecule has 0 atom stereocenters. The zero-order chi connectivity index (χ0) is 20.9. The molecule has 0 spiro atoms. The van der Waals surface area contributed by atoms with Crippen molar-refractivity contribution in [3.8, 4) is 5.75 Å². The minimum Gasteiger partial charge on any atom is -0.492 e. The number of nitrogens with zero attached hydrogens (tertiary/aromatic N) is 2. The van der Waals surface area contributed by atoms with E-state index in [4.69, 9.17) is 16.3 Å². The van der Waals surface area contributed by atoms with Gasteiger partial charge < -0.3 is 10.1 Å². The standard InChI is InChI=1S/C20H24ClN3O4S/c1-2-28-19-7-4-3-6-18(19)22-20(25)15-24-13-5-12-23(29(24,26)27)14-16-8-10-17(21)11-9-16/h3-4,6-11H,2,5,12-15H2,1H3,(H,22,25). The molecule has 1 N–H and O–H groups in total. The third-order valence-electron chi connectivity index (χ3n) is 4.52. The number of rotatable bonds is 7. The number of para-hydroxylation sites is 2. The van der Waals surface area contributed by atoms with Crippen LogP contribution < -0.4 is 10.1 Å². The van der Waals surface area contributed by atoms with E-state index in [0.29, 0.717) is 42.6 Å². The van der Waals surface area contributed by atoms with Crippen LogP contribution in [0.2, 0.25) is 5.02 Å². The van der Waals surface area contributed by atoms with Crippen LogP contribution in [0.25, 0.3) is 0 Å². The summed E-state index contributed by atoms with van der Waals surface area (Å²) in [5.74, 6) is 0.142. The average Bonchev–Trinajstić information content (AvgIpc) is 2.68. The quantitative estimate of drug-likeness (QED) is 0.721. The van der Waals surface area contributed by atoms with E-state index in [2.05, 4.69) is 5.32 Å². The average molecular weight is 438 g/mol. The van der Waals surface area contributed by atoms with E-state index in [-0.39, 0.29) is 13.1 Å². The molecule has 9 heteroatoms.